The Kier molecular flexibility index (Phi) is 4.45. The van der Waals surface area contributed by atoms with E-state index in [0.29, 0.717) is 6.54 Å². The maximum atomic E-state index is 11.6. The van der Waals surface area contributed by atoms with Gasteiger partial charge >= 0.3 is 0 Å². The highest BCUT2D eigenvalue weighted by molar-refractivity contribution is 5.83. The highest BCUT2D eigenvalue weighted by Gasteiger charge is 2.12. The van der Waals surface area contributed by atoms with Crippen molar-refractivity contribution in [2.24, 2.45) is 0 Å². The summed E-state index contributed by atoms with van der Waals surface area (Å²) >= 11 is 0. The summed E-state index contributed by atoms with van der Waals surface area (Å²) in [7, 11) is 0. The van der Waals surface area contributed by atoms with E-state index in [1.54, 1.807) is 0 Å². The van der Waals surface area contributed by atoms with Crippen LogP contribution in [0.25, 0.3) is 10.9 Å². The van der Waals surface area contributed by atoms with Gasteiger partial charge in [-0.1, -0.05) is 18.2 Å². The topological polar surface area (TPSA) is 54.1 Å². The molecule has 0 atom stereocenters. The van der Waals surface area contributed by atoms with Gasteiger partial charge in [0.25, 0.3) is 0 Å². The van der Waals surface area contributed by atoms with Gasteiger partial charge in [-0.15, -0.1) is 0 Å². The van der Waals surface area contributed by atoms with Crippen molar-refractivity contribution >= 4 is 16.8 Å². The van der Waals surface area contributed by atoms with E-state index >= 15 is 0 Å². The summed E-state index contributed by atoms with van der Waals surface area (Å²) < 4.78 is 5.43. The molecule has 0 aliphatic heterocycles. The Balaban J connectivity index is 1.80. The molecule has 0 saturated carbocycles. The number of hydrogen-bond acceptors (Lipinski definition) is 2. The second kappa shape index (κ2) is 6.09. The molecule has 0 radical (unpaired) electrons. The summed E-state index contributed by atoms with van der Waals surface area (Å²) in [5.41, 5.74) is 2.07. The van der Waals surface area contributed by atoms with Crippen LogP contribution in [0.3, 0.4) is 0 Å². The van der Waals surface area contributed by atoms with Gasteiger partial charge in [-0.05, 0) is 38.8 Å². The fraction of sp³-hybridized carbons (Fsp3) is 0.438. The highest BCUT2D eigenvalue weighted by Crippen LogP contribution is 2.17. The minimum Gasteiger partial charge on any atom is -0.366 e. The van der Waals surface area contributed by atoms with Crippen LogP contribution in [0.2, 0.25) is 0 Å². The van der Waals surface area contributed by atoms with E-state index < -0.39 is 0 Å². The molecule has 1 aromatic carbocycles. The molecule has 2 aromatic rings. The van der Waals surface area contributed by atoms with Gasteiger partial charge in [-0.2, -0.15) is 0 Å². The van der Waals surface area contributed by atoms with Crippen LogP contribution in [0.5, 0.6) is 0 Å². The minimum absolute atomic E-state index is 0.0697. The summed E-state index contributed by atoms with van der Waals surface area (Å²) in [5.74, 6) is -0.0697. The monoisotopic (exact) mass is 274 g/mol. The smallest absolute Gasteiger partial charge is 0.246 e. The molecule has 1 heterocycles. The normalized spacial score (nSPS) is 11.8. The van der Waals surface area contributed by atoms with Gasteiger partial charge in [0.15, 0.2) is 0 Å². The van der Waals surface area contributed by atoms with Crippen molar-refractivity contribution in [1.29, 1.82) is 0 Å². The minimum atomic E-state index is -0.284. The molecular weight excluding hydrogens is 252 g/mol. The lowest BCUT2D eigenvalue weighted by Gasteiger charge is -2.18. The Morgan fingerprint density at radius 1 is 1.30 bits per heavy atom. The molecule has 1 amide bonds. The number of fused-ring (bicyclic) bond motifs is 1. The lowest BCUT2D eigenvalue weighted by Crippen LogP contribution is -2.33. The highest BCUT2D eigenvalue weighted by atomic mass is 16.5. The molecule has 0 unspecified atom stereocenters. The first-order valence-corrected chi connectivity index (χ1v) is 6.91. The van der Waals surface area contributed by atoms with Crippen molar-refractivity contribution in [2.75, 3.05) is 13.2 Å². The largest absolute Gasteiger partial charge is 0.366 e. The third kappa shape index (κ3) is 4.10. The summed E-state index contributed by atoms with van der Waals surface area (Å²) in [6.45, 7) is 6.54. The predicted molar refractivity (Wildman–Crippen MR) is 80.7 cm³/mol. The average molecular weight is 274 g/mol. The fourth-order valence-corrected chi connectivity index (χ4v) is 2.01. The Labute approximate surface area is 119 Å². The zero-order valence-electron chi connectivity index (χ0n) is 12.3. The van der Waals surface area contributed by atoms with Gasteiger partial charge in [-0.25, -0.2) is 0 Å². The van der Waals surface area contributed by atoms with Crippen LogP contribution in [0.4, 0.5) is 0 Å². The van der Waals surface area contributed by atoms with Gasteiger partial charge in [-0.3, -0.25) is 4.79 Å². The molecule has 1 aromatic heterocycles. The molecule has 0 aliphatic rings. The van der Waals surface area contributed by atoms with Crippen molar-refractivity contribution in [2.45, 2.75) is 32.8 Å². The standard InChI is InChI=1S/C16H22N2O2/c1-16(2,3)20-11-15(19)17-9-8-12-10-18-14-7-5-4-6-13(12)14/h4-7,10,18H,8-9,11H2,1-3H3,(H,17,19). The number of ether oxygens (including phenoxy) is 1. The number of rotatable bonds is 5. The van der Waals surface area contributed by atoms with Crippen LogP contribution >= 0.6 is 0 Å². The zero-order valence-corrected chi connectivity index (χ0v) is 12.3. The van der Waals surface area contributed by atoms with E-state index in [1.807, 2.05) is 39.1 Å². The summed E-state index contributed by atoms with van der Waals surface area (Å²) in [6.07, 6.45) is 2.81. The Morgan fingerprint density at radius 2 is 2.05 bits per heavy atom. The number of carbonyl (C=O) groups is 1. The molecule has 2 N–H and O–H groups in total. The van der Waals surface area contributed by atoms with E-state index in [0.717, 1.165) is 11.9 Å². The Bertz CT molecular complexity index is 581. The van der Waals surface area contributed by atoms with Crippen LogP contribution < -0.4 is 5.32 Å². The average Bonchev–Trinajstić information content (AvgIpc) is 2.79. The maximum absolute atomic E-state index is 11.6. The van der Waals surface area contributed by atoms with Crippen molar-refractivity contribution in [3.05, 3.63) is 36.0 Å². The molecule has 0 fully saturated rings. The predicted octanol–water partition coefficient (Wildman–Crippen LogP) is 2.64. The first-order valence-electron chi connectivity index (χ1n) is 6.91. The number of para-hydroxylation sites is 1. The molecule has 20 heavy (non-hydrogen) atoms. The summed E-state index contributed by atoms with van der Waals surface area (Å²) in [4.78, 5) is 14.9. The number of nitrogens with one attached hydrogen (secondary N) is 2. The van der Waals surface area contributed by atoms with E-state index in [4.69, 9.17) is 4.74 Å². The molecule has 4 heteroatoms. The van der Waals surface area contributed by atoms with E-state index in [1.165, 1.54) is 10.9 Å². The molecule has 0 saturated heterocycles. The van der Waals surface area contributed by atoms with Crippen LogP contribution in [-0.4, -0.2) is 29.6 Å². The van der Waals surface area contributed by atoms with Crippen molar-refractivity contribution in [3.8, 4) is 0 Å². The Morgan fingerprint density at radius 3 is 2.80 bits per heavy atom. The Hall–Kier alpha value is -1.81. The van der Waals surface area contributed by atoms with Gasteiger partial charge in [0, 0.05) is 23.6 Å². The number of carbonyl (C=O) groups excluding carboxylic acids is 1. The van der Waals surface area contributed by atoms with Gasteiger partial charge in [0.1, 0.15) is 6.61 Å². The molecule has 4 nitrogen and oxygen atoms in total. The van der Waals surface area contributed by atoms with E-state index in [2.05, 4.69) is 22.4 Å². The van der Waals surface area contributed by atoms with Crippen LogP contribution in [0.15, 0.2) is 30.5 Å². The summed E-state index contributed by atoms with van der Waals surface area (Å²) in [5, 5.41) is 4.10. The fourth-order valence-electron chi connectivity index (χ4n) is 2.01. The molecular formula is C16H22N2O2. The lowest BCUT2D eigenvalue weighted by molar-refractivity contribution is -0.130. The first-order chi connectivity index (χ1) is 9.46. The van der Waals surface area contributed by atoms with Crippen molar-refractivity contribution in [1.82, 2.24) is 10.3 Å². The van der Waals surface area contributed by atoms with Crippen LogP contribution in [0.1, 0.15) is 26.3 Å². The zero-order chi connectivity index (χ0) is 14.6. The second-order valence-electron chi connectivity index (χ2n) is 5.86. The second-order valence-corrected chi connectivity index (χ2v) is 5.86. The van der Waals surface area contributed by atoms with Gasteiger partial charge < -0.3 is 15.0 Å². The van der Waals surface area contributed by atoms with Crippen molar-refractivity contribution in [3.63, 3.8) is 0 Å². The first kappa shape index (κ1) is 14.6. The van der Waals surface area contributed by atoms with Gasteiger partial charge in [0.05, 0.1) is 5.60 Å². The van der Waals surface area contributed by atoms with Gasteiger partial charge in [0.2, 0.25) is 5.91 Å². The quantitative estimate of drug-likeness (QED) is 0.880. The maximum Gasteiger partial charge on any atom is 0.246 e. The number of aromatic amines is 1. The summed E-state index contributed by atoms with van der Waals surface area (Å²) in [6, 6.07) is 8.17. The van der Waals surface area contributed by atoms with Crippen LogP contribution in [0, 0.1) is 0 Å². The van der Waals surface area contributed by atoms with E-state index in [-0.39, 0.29) is 18.1 Å². The third-order valence-electron chi connectivity index (χ3n) is 3.03. The van der Waals surface area contributed by atoms with Crippen molar-refractivity contribution < 1.29 is 9.53 Å². The lowest BCUT2D eigenvalue weighted by atomic mass is 10.1. The van der Waals surface area contributed by atoms with Crippen LogP contribution in [-0.2, 0) is 16.0 Å². The van der Waals surface area contributed by atoms with E-state index in [9.17, 15) is 4.79 Å². The number of benzene rings is 1. The number of H-pyrrole nitrogens is 1. The number of aromatic nitrogens is 1. The third-order valence-corrected chi connectivity index (χ3v) is 3.03. The number of hydrogen-bond donors (Lipinski definition) is 2. The molecule has 2 rings (SSSR count). The number of amides is 1. The molecule has 0 aliphatic carbocycles. The SMILES string of the molecule is CC(C)(C)OCC(=O)NCCc1c[nH]c2ccccc12. The molecule has 108 valence electrons. The molecule has 0 bridgehead atoms. The molecule has 0 spiro atoms.